The third-order valence-corrected chi connectivity index (χ3v) is 8.01. The van der Waals surface area contributed by atoms with Crippen LogP contribution in [0.3, 0.4) is 0 Å². The lowest BCUT2D eigenvalue weighted by atomic mass is 9.73. The molecule has 2 aromatic rings. The fourth-order valence-electron chi connectivity index (χ4n) is 5.93. The monoisotopic (exact) mass is 538 g/mol. The molecule has 2 heterocycles. The molecule has 212 valence electrons. The van der Waals surface area contributed by atoms with Crippen molar-refractivity contribution in [1.82, 2.24) is 9.80 Å². The van der Waals surface area contributed by atoms with Crippen molar-refractivity contribution in [3.8, 4) is 11.5 Å². The number of unbranched alkanes of at least 4 members (excludes halogenated alkanes) is 1. The summed E-state index contributed by atoms with van der Waals surface area (Å²) in [5.41, 5.74) is 6.72. The highest BCUT2D eigenvalue weighted by molar-refractivity contribution is 5.44. The molecule has 2 aliphatic heterocycles. The highest BCUT2D eigenvalue weighted by Gasteiger charge is 2.43. The molecule has 2 aliphatic rings. The second-order valence-electron chi connectivity index (χ2n) is 10.8. The molecule has 0 aromatic heterocycles. The molecule has 0 radical (unpaired) electrons. The van der Waals surface area contributed by atoms with Crippen molar-refractivity contribution in [2.75, 3.05) is 39.9 Å². The number of piperidine rings is 1. The Morgan fingerprint density at radius 2 is 1.82 bits per heavy atom. The molecular formula is C30H42N4O5. The number of hydrogen-bond donors (Lipinski definition) is 2. The number of ether oxygens (including phenoxy) is 2. The molecule has 3 N–H and O–H groups in total. The average molecular weight is 539 g/mol. The topological polar surface area (TPSA) is 114 Å². The lowest BCUT2D eigenvalue weighted by Gasteiger charge is -2.45. The van der Waals surface area contributed by atoms with Gasteiger partial charge in [0.1, 0.15) is 11.5 Å². The Labute approximate surface area is 231 Å². The number of aliphatic hydroxyl groups is 1. The number of benzene rings is 2. The van der Waals surface area contributed by atoms with Gasteiger partial charge in [0, 0.05) is 57.4 Å². The van der Waals surface area contributed by atoms with Gasteiger partial charge in [-0.2, -0.15) is 0 Å². The van der Waals surface area contributed by atoms with Gasteiger partial charge in [0.05, 0.1) is 10.5 Å². The molecule has 9 heteroatoms. The van der Waals surface area contributed by atoms with Crippen molar-refractivity contribution in [3.63, 3.8) is 0 Å². The number of para-hydroxylation sites is 2. The van der Waals surface area contributed by atoms with Crippen molar-refractivity contribution < 1.29 is 19.5 Å². The number of likely N-dealkylation sites (tertiary alicyclic amines) is 2. The zero-order valence-corrected chi connectivity index (χ0v) is 23.1. The van der Waals surface area contributed by atoms with Gasteiger partial charge in [-0.15, -0.1) is 0 Å². The van der Waals surface area contributed by atoms with E-state index in [0.29, 0.717) is 50.8 Å². The van der Waals surface area contributed by atoms with E-state index in [1.54, 1.807) is 7.11 Å². The quantitative estimate of drug-likeness (QED) is 0.229. The van der Waals surface area contributed by atoms with Crippen molar-refractivity contribution in [3.05, 3.63) is 81.8 Å². The van der Waals surface area contributed by atoms with Gasteiger partial charge in [-0.3, -0.25) is 10.1 Å². The molecule has 2 fully saturated rings. The Bertz CT molecular complexity index is 1140. The van der Waals surface area contributed by atoms with Crippen LogP contribution in [0.25, 0.3) is 0 Å². The van der Waals surface area contributed by atoms with E-state index in [-0.39, 0.29) is 16.9 Å². The average Bonchev–Trinajstić information content (AvgIpc) is 3.37. The van der Waals surface area contributed by atoms with Crippen LogP contribution in [0.1, 0.15) is 49.7 Å². The van der Waals surface area contributed by atoms with Gasteiger partial charge in [-0.1, -0.05) is 36.4 Å². The van der Waals surface area contributed by atoms with E-state index in [1.807, 2.05) is 60.4 Å². The van der Waals surface area contributed by atoms with Crippen LogP contribution < -0.4 is 10.5 Å². The first-order valence-electron chi connectivity index (χ1n) is 14.0. The Morgan fingerprint density at radius 3 is 2.51 bits per heavy atom. The Balaban J connectivity index is 1.67. The molecule has 3 atom stereocenters. The summed E-state index contributed by atoms with van der Waals surface area (Å²) in [6.07, 6.45) is 5.67. The van der Waals surface area contributed by atoms with Crippen LogP contribution in [0, 0.1) is 23.0 Å². The fourth-order valence-corrected chi connectivity index (χ4v) is 5.93. The lowest BCUT2D eigenvalue weighted by Crippen LogP contribution is -2.48. The van der Waals surface area contributed by atoms with Gasteiger partial charge >= 0.3 is 0 Å². The normalized spacial score (nSPS) is 21.6. The third kappa shape index (κ3) is 7.09. The summed E-state index contributed by atoms with van der Waals surface area (Å²) in [4.78, 5) is 15.3. The van der Waals surface area contributed by atoms with E-state index in [2.05, 4.69) is 4.90 Å². The maximum absolute atomic E-state index is 12.6. The summed E-state index contributed by atoms with van der Waals surface area (Å²) < 4.78 is 11.7. The largest absolute Gasteiger partial charge is 0.457 e. The van der Waals surface area contributed by atoms with Crippen LogP contribution in [0.4, 0.5) is 0 Å². The molecule has 0 spiro atoms. The highest BCUT2D eigenvalue weighted by atomic mass is 16.6. The fraction of sp³-hybridized carbons (Fsp3) is 0.533. The molecule has 0 bridgehead atoms. The molecule has 39 heavy (non-hydrogen) atoms. The minimum atomic E-state index is -1.19. The summed E-state index contributed by atoms with van der Waals surface area (Å²) in [5.74, 6) is 1.81. The minimum absolute atomic E-state index is 0.00364. The zero-order chi connectivity index (χ0) is 27.8. The summed E-state index contributed by atoms with van der Waals surface area (Å²) in [6.45, 7) is 5.11. The number of aryl methyl sites for hydroxylation is 1. The van der Waals surface area contributed by atoms with E-state index in [4.69, 9.17) is 15.2 Å². The van der Waals surface area contributed by atoms with Gasteiger partial charge in [0.25, 0.3) is 6.20 Å². The lowest BCUT2D eigenvalue weighted by molar-refractivity contribution is -0.405. The van der Waals surface area contributed by atoms with Crippen LogP contribution in [0.15, 0.2) is 60.6 Å². The molecule has 9 nitrogen and oxygen atoms in total. The minimum Gasteiger partial charge on any atom is -0.457 e. The smallest absolute Gasteiger partial charge is 0.274 e. The Kier molecular flexibility index (Phi) is 9.83. The van der Waals surface area contributed by atoms with Crippen LogP contribution in [-0.4, -0.2) is 65.8 Å². The zero-order valence-electron chi connectivity index (χ0n) is 23.1. The summed E-state index contributed by atoms with van der Waals surface area (Å²) in [6, 6.07) is 15.6. The molecule has 0 amide bonds. The van der Waals surface area contributed by atoms with E-state index >= 15 is 0 Å². The van der Waals surface area contributed by atoms with E-state index in [1.165, 1.54) is 0 Å². The first-order chi connectivity index (χ1) is 18.8. The predicted octanol–water partition coefficient (Wildman–Crippen LogP) is 4.61. The van der Waals surface area contributed by atoms with E-state index < -0.39 is 5.60 Å². The summed E-state index contributed by atoms with van der Waals surface area (Å²) in [5, 5.41) is 24.2. The number of nitrogens with two attached hydrogens (primary N) is 1. The number of methoxy groups -OCH3 is 1. The van der Waals surface area contributed by atoms with Crippen LogP contribution in [-0.2, 0) is 10.3 Å². The predicted molar refractivity (Wildman–Crippen MR) is 151 cm³/mol. The van der Waals surface area contributed by atoms with Gasteiger partial charge < -0.3 is 30.1 Å². The molecule has 0 saturated carbocycles. The van der Waals surface area contributed by atoms with Crippen LogP contribution >= 0.6 is 0 Å². The second-order valence-corrected chi connectivity index (χ2v) is 10.8. The standard InChI is InChI=1S/C30H42N4O5/c1-23-10-3-5-13-27(23)39-28-14-6-4-12-26(28)30(35,16-7-8-19-38-2)24-11-9-17-32(20-24)29(22-34(36)37)33-18-15-25(31)21-33/h3-6,10,12-14,22,24-25,35H,7-9,11,15-21,31H2,1-2H3/b29-22+/t24-,25-,30+/m1/s1. The number of nitrogens with zero attached hydrogens (tertiary/aromatic N) is 3. The maximum Gasteiger partial charge on any atom is 0.274 e. The second kappa shape index (κ2) is 13.3. The summed E-state index contributed by atoms with van der Waals surface area (Å²) in [7, 11) is 1.68. The number of hydrogen-bond acceptors (Lipinski definition) is 8. The van der Waals surface area contributed by atoms with Gasteiger partial charge in [0.15, 0.2) is 5.82 Å². The summed E-state index contributed by atoms with van der Waals surface area (Å²) >= 11 is 0. The molecule has 0 unspecified atom stereocenters. The highest BCUT2D eigenvalue weighted by Crippen LogP contribution is 2.45. The van der Waals surface area contributed by atoms with Gasteiger partial charge in [0.2, 0.25) is 0 Å². The Morgan fingerprint density at radius 1 is 1.10 bits per heavy atom. The first-order valence-corrected chi connectivity index (χ1v) is 14.0. The van der Waals surface area contributed by atoms with Crippen molar-refractivity contribution in [1.29, 1.82) is 0 Å². The van der Waals surface area contributed by atoms with Crippen molar-refractivity contribution >= 4 is 0 Å². The molecular weight excluding hydrogens is 496 g/mol. The first kappa shape index (κ1) is 28.9. The van der Waals surface area contributed by atoms with E-state index in [0.717, 1.165) is 55.2 Å². The molecule has 0 aliphatic carbocycles. The van der Waals surface area contributed by atoms with Gasteiger partial charge in [-0.05, 0) is 63.1 Å². The van der Waals surface area contributed by atoms with Crippen LogP contribution in [0.2, 0.25) is 0 Å². The van der Waals surface area contributed by atoms with Crippen molar-refractivity contribution in [2.45, 2.75) is 57.1 Å². The number of nitro groups is 1. The maximum atomic E-state index is 12.6. The van der Waals surface area contributed by atoms with Gasteiger partial charge in [-0.25, -0.2) is 0 Å². The molecule has 4 rings (SSSR count). The van der Waals surface area contributed by atoms with E-state index in [9.17, 15) is 15.2 Å². The number of rotatable bonds is 12. The SMILES string of the molecule is COCCCC[C@@](O)(c1ccccc1Oc1ccccc1C)[C@@H]1CCCN(/C(=C\[N+](=O)[O-])N2CC[C@@H](N)C2)C1. The van der Waals surface area contributed by atoms with Crippen LogP contribution in [0.5, 0.6) is 11.5 Å². The third-order valence-electron chi connectivity index (χ3n) is 8.01. The molecule has 2 saturated heterocycles. The molecule has 2 aromatic carbocycles. The Hall–Kier alpha value is -3.14. The van der Waals surface area contributed by atoms with Crippen molar-refractivity contribution in [2.24, 2.45) is 11.7 Å².